The summed E-state index contributed by atoms with van der Waals surface area (Å²) in [6, 6.07) is 14.3. The highest BCUT2D eigenvalue weighted by molar-refractivity contribution is 9.10. The van der Waals surface area contributed by atoms with Gasteiger partial charge in [0, 0.05) is 34.0 Å². The maximum atomic E-state index is 12.5. The Morgan fingerprint density at radius 3 is 2.68 bits per heavy atom. The number of ether oxygens (including phenoxy) is 1. The first-order valence-corrected chi connectivity index (χ1v) is 12.0. The molecule has 1 heterocycles. The van der Waals surface area contributed by atoms with Gasteiger partial charge in [0.25, 0.3) is 0 Å². The van der Waals surface area contributed by atoms with Gasteiger partial charge >= 0.3 is 5.97 Å². The zero-order chi connectivity index (χ0) is 21.6. The van der Waals surface area contributed by atoms with Crippen molar-refractivity contribution < 1.29 is 14.6 Å². The second kappa shape index (κ2) is 8.01. The van der Waals surface area contributed by atoms with Gasteiger partial charge in [-0.2, -0.15) is 0 Å². The molecule has 0 spiro atoms. The number of carbonyl (C=O) groups is 1. The maximum Gasteiger partial charge on any atom is 0.312 e. The predicted molar refractivity (Wildman–Crippen MR) is 126 cm³/mol. The molecule has 5 rings (SSSR count). The monoisotopic (exact) mass is 481 g/mol. The van der Waals surface area contributed by atoms with E-state index >= 15 is 0 Å². The van der Waals surface area contributed by atoms with Crippen molar-refractivity contribution in [3.63, 3.8) is 0 Å². The Bertz CT molecular complexity index is 1130. The molecule has 3 aromatic rings. The highest BCUT2D eigenvalue weighted by Gasteiger charge is 2.61. The zero-order valence-corrected chi connectivity index (χ0v) is 19.4. The minimum Gasteiger partial charge on any atom is -0.497 e. The highest BCUT2D eigenvalue weighted by atomic mass is 79.9. The highest BCUT2D eigenvalue weighted by Crippen LogP contribution is 2.62. The fourth-order valence-corrected chi connectivity index (χ4v) is 6.08. The van der Waals surface area contributed by atoms with Crippen LogP contribution in [0.4, 0.5) is 0 Å². The molecule has 0 unspecified atom stereocenters. The molecule has 2 aliphatic carbocycles. The van der Waals surface area contributed by atoms with Gasteiger partial charge in [-0.25, -0.2) is 0 Å². The van der Waals surface area contributed by atoms with Crippen LogP contribution in [0.1, 0.15) is 61.5 Å². The lowest BCUT2D eigenvalue weighted by Gasteiger charge is -2.21. The average Bonchev–Trinajstić information content (AvgIpc) is 3.42. The molecule has 4 nitrogen and oxygen atoms in total. The number of aliphatic carboxylic acids is 1. The van der Waals surface area contributed by atoms with E-state index in [1.807, 2.05) is 18.2 Å². The van der Waals surface area contributed by atoms with E-state index in [4.69, 9.17) is 4.74 Å². The van der Waals surface area contributed by atoms with Crippen LogP contribution in [-0.4, -0.2) is 22.8 Å². The van der Waals surface area contributed by atoms with Crippen LogP contribution in [0.15, 0.2) is 53.1 Å². The number of benzene rings is 2. The molecular weight excluding hydrogens is 454 g/mol. The van der Waals surface area contributed by atoms with E-state index in [9.17, 15) is 9.90 Å². The first kappa shape index (κ1) is 20.6. The van der Waals surface area contributed by atoms with Gasteiger partial charge in [0.1, 0.15) is 5.75 Å². The molecule has 2 aromatic carbocycles. The number of hydrogen-bond donors (Lipinski definition) is 1. The Morgan fingerprint density at radius 1 is 1.16 bits per heavy atom. The maximum absolute atomic E-state index is 12.5. The van der Waals surface area contributed by atoms with Crippen molar-refractivity contribution in [2.24, 2.45) is 5.41 Å². The molecule has 0 saturated heterocycles. The molecule has 0 radical (unpaired) electrons. The molecule has 2 atom stereocenters. The number of fused-ring (bicyclic) bond motifs is 1. The second-order valence-corrected chi connectivity index (χ2v) is 10.0. The summed E-state index contributed by atoms with van der Waals surface area (Å²) in [5, 5.41) is 11.6. The molecule has 1 N–H and O–H groups in total. The number of hydrogen-bond acceptors (Lipinski definition) is 2. The zero-order valence-electron chi connectivity index (χ0n) is 17.8. The molecule has 2 fully saturated rings. The fraction of sp³-hybridized carbons (Fsp3) is 0.423. The van der Waals surface area contributed by atoms with Gasteiger partial charge in [0.15, 0.2) is 0 Å². The normalized spacial score (nSPS) is 23.7. The lowest BCUT2D eigenvalue weighted by atomic mass is 9.84. The largest absolute Gasteiger partial charge is 0.497 e. The molecule has 0 bridgehead atoms. The molecule has 0 aliphatic heterocycles. The number of nitrogens with zero attached hydrogens (tertiary/aromatic N) is 1. The van der Waals surface area contributed by atoms with E-state index in [-0.39, 0.29) is 5.92 Å². The molecule has 162 valence electrons. The van der Waals surface area contributed by atoms with Crippen LogP contribution in [0.2, 0.25) is 0 Å². The third kappa shape index (κ3) is 3.57. The van der Waals surface area contributed by atoms with Crippen molar-refractivity contribution >= 4 is 32.8 Å². The van der Waals surface area contributed by atoms with Crippen LogP contribution >= 0.6 is 15.9 Å². The summed E-state index contributed by atoms with van der Waals surface area (Å²) >= 11 is 3.63. The Balaban J connectivity index is 1.52. The topological polar surface area (TPSA) is 51.5 Å². The number of halogens is 1. The van der Waals surface area contributed by atoms with E-state index in [1.165, 1.54) is 43.1 Å². The van der Waals surface area contributed by atoms with E-state index in [1.54, 1.807) is 7.11 Å². The summed E-state index contributed by atoms with van der Waals surface area (Å²) in [7, 11) is 1.64. The minimum atomic E-state index is -0.791. The van der Waals surface area contributed by atoms with Crippen molar-refractivity contribution in [1.29, 1.82) is 0 Å². The average molecular weight is 482 g/mol. The fourth-order valence-electron chi connectivity index (χ4n) is 5.56. The van der Waals surface area contributed by atoms with Crippen molar-refractivity contribution in [1.82, 2.24) is 4.57 Å². The van der Waals surface area contributed by atoms with Crippen molar-refractivity contribution in [3.8, 4) is 5.75 Å². The molecule has 2 aliphatic rings. The summed E-state index contributed by atoms with van der Waals surface area (Å²) in [5.41, 5.74) is 2.78. The summed E-state index contributed by atoms with van der Waals surface area (Å²) in [5.74, 6) is 0.594. The van der Waals surface area contributed by atoms with Crippen LogP contribution < -0.4 is 4.74 Å². The van der Waals surface area contributed by atoms with Crippen molar-refractivity contribution in [2.45, 2.75) is 56.9 Å². The SMILES string of the molecule is COc1ccc(Br)c([C@@H]2C[C@@]2(Cn2cc(C3CCCCC3)c3ccccc32)C(=O)O)c1. The predicted octanol–water partition coefficient (Wildman–Crippen LogP) is 6.72. The summed E-state index contributed by atoms with van der Waals surface area (Å²) < 4.78 is 8.55. The number of carboxylic acids is 1. The number of methoxy groups -OCH3 is 1. The van der Waals surface area contributed by atoms with Gasteiger partial charge in [0.05, 0.1) is 12.5 Å². The molecule has 31 heavy (non-hydrogen) atoms. The van der Waals surface area contributed by atoms with Gasteiger partial charge in [-0.3, -0.25) is 4.79 Å². The van der Waals surface area contributed by atoms with Gasteiger partial charge < -0.3 is 14.4 Å². The first-order chi connectivity index (χ1) is 15.0. The quantitative estimate of drug-likeness (QED) is 0.425. The Labute approximate surface area is 191 Å². The van der Waals surface area contributed by atoms with Gasteiger partial charge in [-0.1, -0.05) is 53.4 Å². The van der Waals surface area contributed by atoms with E-state index < -0.39 is 11.4 Å². The van der Waals surface area contributed by atoms with Gasteiger partial charge in [-0.05, 0) is 60.6 Å². The standard InChI is InChI=1S/C26H28BrNO3/c1-31-18-11-12-23(27)20(13-18)22-14-26(22,25(29)30)16-28-15-21(17-7-3-2-4-8-17)19-9-5-6-10-24(19)28/h5-6,9-13,15,17,22H,2-4,7-8,14,16H2,1H3,(H,29,30)/t22-,26-/m0/s1. The number of rotatable bonds is 6. The van der Waals surface area contributed by atoms with Crippen LogP contribution in [0, 0.1) is 5.41 Å². The van der Waals surface area contributed by atoms with Crippen molar-refractivity contribution in [3.05, 3.63) is 64.3 Å². The van der Waals surface area contributed by atoms with E-state index in [0.29, 0.717) is 18.9 Å². The number of carboxylic acid groups (broad SMARTS) is 1. The Morgan fingerprint density at radius 2 is 1.94 bits per heavy atom. The lowest BCUT2D eigenvalue weighted by molar-refractivity contribution is -0.144. The minimum absolute atomic E-state index is 0.0335. The van der Waals surface area contributed by atoms with Gasteiger partial charge in [-0.15, -0.1) is 0 Å². The number of aromatic nitrogens is 1. The smallest absolute Gasteiger partial charge is 0.312 e. The lowest BCUT2D eigenvalue weighted by Crippen LogP contribution is -2.23. The second-order valence-electron chi connectivity index (χ2n) is 9.17. The van der Waals surface area contributed by atoms with Gasteiger partial charge in [0.2, 0.25) is 0 Å². The van der Waals surface area contributed by atoms with Crippen LogP contribution in [-0.2, 0) is 11.3 Å². The molecular formula is C26H28BrNO3. The Hall–Kier alpha value is -2.27. The summed E-state index contributed by atoms with van der Waals surface area (Å²) in [4.78, 5) is 12.5. The number of para-hydroxylation sites is 1. The summed E-state index contributed by atoms with van der Waals surface area (Å²) in [6.07, 6.45) is 9.26. The van der Waals surface area contributed by atoms with E-state index in [0.717, 1.165) is 21.3 Å². The first-order valence-electron chi connectivity index (χ1n) is 11.2. The molecule has 0 amide bonds. The molecule has 5 heteroatoms. The van der Waals surface area contributed by atoms with Crippen LogP contribution in [0.3, 0.4) is 0 Å². The Kier molecular flexibility index (Phi) is 5.33. The van der Waals surface area contributed by atoms with Crippen LogP contribution in [0.5, 0.6) is 5.75 Å². The van der Waals surface area contributed by atoms with Crippen molar-refractivity contribution in [2.75, 3.05) is 7.11 Å². The van der Waals surface area contributed by atoms with Crippen LogP contribution in [0.25, 0.3) is 10.9 Å². The summed E-state index contributed by atoms with van der Waals surface area (Å²) in [6.45, 7) is 0.490. The third-order valence-corrected chi connectivity index (χ3v) is 8.12. The molecule has 2 saturated carbocycles. The van der Waals surface area contributed by atoms with E-state index in [2.05, 4.69) is 51.0 Å². The third-order valence-electron chi connectivity index (χ3n) is 7.40. The molecule has 1 aromatic heterocycles.